The lowest BCUT2D eigenvalue weighted by molar-refractivity contribution is -0.136. The van der Waals surface area contributed by atoms with Gasteiger partial charge in [0.25, 0.3) is 5.91 Å². The van der Waals surface area contributed by atoms with Gasteiger partial charge in [-0.2, -0.15) is 5.10 Å². The second-order valence-corrected chi connectivity index (χ2v) is 6.38. The van der Waals surface area contributed by atoms with E-state index in [1.165, 1.54) is 18.3 Å². The molecule has 3 N–H and O–H groups in total. The summed E-state index contributed by atoms with van der Waals surface area (Å²) in [6, 6.07) is 16.3. The van der Waals surface area contributed by atoms with Gasteiger partial charge in [-0.15, -0.1) is 0 Å². The van der Waals surface area contributed by atoms with E-state index in [0.717, 1.165) is 0 Å². The van der Waals surface area contributed by atoms with Crippen molar-refractivity contribution in [1.29, 1.82) is 0 Å². The molecule has 0 atom stereocenters. The van der Waals surface area contributed by atoms with Crippen LogP contribution in [-0.4, -0.2) is 28.9 Å². The van der Waals surface area contributed by atoms with Crippen LogP contribution in [-0.2, 0) is 9.59 Å². The average Bonchev–Trinajstić information content (AvgIpc) is 2.76. The van der Waals surface area contributed by atoms with Crippen LogP contribution in [0.1, 0.15) is 15.9 Å². The first-order valence-corrected chi connectivity index (χ1v) is 9.11. The molecule has 1 aromatic heterocycles. The van der Waals surface area contributed by atoms with Gasteiger partial charge in [0.15, 0.2) is 0 Å². The van der Waals surface area contributed by atoms with Crippen molar-refractivity contribution < 1.29 is 14.4 Å². The zero-order valence-electron chi connectivity index (χ0n) is 15.5. The van der Waals surface area contributed by atoms with Crippen LogP contribution in [0, 0.1) is 0 Å². The third-order valence-corrected chi connectivity index (χ3v) is 4.04. The third kappa shape index (κ3) is 5.73. The minimum Gasteiger partial charge on any atom is -0.322 e. The molecule has 1 heterocycles. The predicted octanol–water partition coefficient (Wildman–Crippen LogP) is 3.08. The number of nitrogens with one attached hydrogen (secondary N) is 3. The SMILES string of the molecule is O=C(N/N=C/c1cccnc1)C(=O)Nc1ccccc1C(=O)Nc1ccc(Cl)cc1. The standard InChI is InChI=1S/C21H16ClN5O3/c22-15-7-9-16(10-8-15)25-19(28)17-5-1-2-6-18(17)26-20(29)21(30)27-24-13-14-4-3-11-23-12-14/h1-13H,(H,25,28)(H,26,29)(H,27,30)/b24-13+. The van der Waals surface area contributed by atoms with Gasteiger partial charge in [0.2, 0.25) is 0 Å². The van der Waals surface area contributed by atoms with Gasteiger partial charge >= 0.3 is 11.8 Å². The van der Waals surface area contributed by atoms with Gasteiger partial charge < -0.3 is 10.6 Å². The van der Waals surface area contributed by atoms with Gasteiger partial charge in [0, 0.05) is 28.7 Å². The Labute approximate surface area is 177 Å². The van der Waals surface area contributed by atoms with Crippen molar-refractivity contribution in [3.05, 3.63) is 89.2 Å². The number of aromatic nitrogens is 1. The van der Waals surface area contributed by atoms with E-state index in [0.29, 0.717) is 16.3 Å². The molecule has 3 amide bonds. The molecule has 0 fully saturated rings. The first kappa shape index (κ1) is 20.7. The summed E-state index contributed by atoms with van der Waals surface area (Å²) in [6.07, 6.45) is 4.50. The number of nitrogens with zero attached hydrogens (tertiary/aromatic N) is 2. The third-order valence-electron chi connectivity index (χ3n) is 3.79. The molecule has 8 nitrogen and oxygen atoms in total. The van der Waals surface area contributed by atoms with Gasteiger partial charge in [0.05, 0.1) is 17.5 Å². The topological polar surface area (TPSA) is 113 Å². The molecule has 0 unspecified atom stereocenters. The number of rotatable bonds is 5. The van der Waals surface area contributed by atoms with Gasteiger partial charge in [0.1, 0.15) is 0 Å². The van der Waals surface area contributed by atoms with Crippen molar-refractivity contribution in [2.24, 2.45) is 5.10 Å². The molecule has 3 aromatic rings. The van der Waals surface area contributed by atoms with Crippen LogP contribution in [0.5, 0.6) is 0 Å². The second kappa shape index (κ2) is 9.94. The molecule has 0 spiro atoms. The Hall–Kier alpha value is -4.04. The number of carbonyl (C=O) groups excluding carboxylic acids is 3. The molecular formula is C21H16ClN5O3. The molecule has 0 bridgehead atoms. The highest BCUT2D eigenvalue weighted by molar-refractivity contribution is 6.40. The molecular weight excluding hydrogens is 406 g/mol. The number of hydrogen-bond acceptors (Lipinski definition) is 5. The van der Waals surface area contributed by atoms with Gasteiger partial charge in [-0.3, -0.25) is 19.4 Å². The Balaban J connectivity index is 1.64. The number of carbonyl (C=O) groups is 3. The quantitative estimate of drug-likeness (QED) is 0.334. The fourth-order valence-corrected chi connectivity index (χ4v) is 2.50. The predicted molar refractivity (Wildman–Crippen MR) is 114 cm³/mol. The summed E-state index contributed by atoms with van der Waals surface area (Å²) < 4.78 is 0. The average molecular weight is 422 g/mol. The molecule has 0 aliphatic rings. The molecule has 150 valence electrons. The van der Waals surface area contributed by atoms with Crippen molar-refractivity contribution in [2.45, 2.75) is 0 Å². The maximum atomic E-state index is 12.6. The minimum absolute atomic E-state index is 0.181. The van der Waals surface area contributed by atoms with E-state index < -0.39 is 17.7 Å². The molecule has 0 saturated carbocycles. The Morgan fingerprint density at radius 3 is 2.40 bits per heavy atom. The zero-order valence-corrected chi connectivity index (χ0v) is 16.3. The molecule has 0 aliphatic carbocycles. The summed E-state index contributed by atoms with van der Waals surface area (Å²) in [5.41, 5.74) is 3.68. The van der Waals surface area contributed by atoms with Crippen molar-refractivity contribution >= 4 is 46.9 Å². The van der Waals surface area contributed by atoms with Crippen LogP contribution in [0.3, 0.4) is 0 Å². The number of anilines is 2. The lowest BCUT2D eigenvalue weighted by Gasteiger charge is -2.11. The lowest BCUT2D eigenvalue weighted by atomic mass is 10.1. The van der Waals surface area contributed by atoms with Gasteiger partial charge in [-0.25, -0.2) is 5.43 Å². The van der Waals surface area contributed by atoms with Crippen molar-refractivity contribution in [1.82, 2.24) is 10.4 Å². The van der Waals surface area contributed by atoms with E-state index in [1.54, 1.807) is 60.9 Å². The Bertz CT molecular complexity index is 1090. The highest BCUT2D eigenvalue weighted by Gasteiger charge is 2.17. The van der Waals surface area contributed by atoms with Crippen LogP contribution >= 0.6 is 11.6 Å². The minimum atomic E-state index is -0.983. The lowest BCUT2D eigenvalue weighted by Crippen LogP contribution is -2.33. The van der Waals surface area contributed by atoms with E-state index >= 15 is 0 Å². The summed E-state index contributed by atoms with van der Waals surface area (Å²) in [5, 5.41) is 9.37. The smallest absolute Gasteiger partial charge is 0.322 e. The maximum absolute atomic E-state index is 12.6. The summed E-state index contributed by atoms with van der Waals surface area (Å²) in [5.74, 6) is -2.41. The van der Waals surface area contributed by atoms with Gasteiger partial charge in [-0.05, 0) is 42.5 Å². The first-order valence-electron chi connectivity index (χ1n) is 8.73. The van der Waals surface area contributed by atoms with E-state index in [-0.39, 0.29) is 11.3 Å². The summed E-state index contributed by atoms with van der Waals surface area (Å²) in [6.45, 7) is 0. The first-order chi connectivity index (χ1) is 14.5. The summed E-state index contributed by atoms with van der Waals surface area (Å²) >= 11 is 5.84. The molecule has 0 radical (unpaired) electrons. The van der Waals surface area contributed by atoms with Crippen molar-refractivity contribution in [2.75, 3.05) is 10.6 Å². The fraction of sp³-hybridized carbons (Fsp3) is 0. The number of benzene rings is 2. The van der Waals surface area contributed by atoms with E-state index in [1.807, 2.05) is 0 Å². The summed E-state index contributed by atoms with van der Waals surface area (Å²) in [4.78, 5) is 40.6. The Morgan fingerprint density at radius 2 is 1.67 bits per heavy atom. The van der Waals surface area contributed by atoms with E-state index in [4.69, 9.17) is 11.6 Å². The van der Waals surface area contributed by atoms with Gasteiger partial charge in [-0.1, -0.05) is 29.8 Å². The maximum Gasteiger partial charge on any atom is 0.329 e. The number of pyridine rings is 1. The molecule has 2 aromatic carbocycles. The highest BCUT2D eigenvalue weighted by Crippen LogP contribution is 2.19. The second-order valence-electron chi connectivity index (χ2n) is 5.95. The number of hydrogen-bond donors (Lipinski definition) is 3. The number of halogens is 1. The van der Waals surface area contributed by atoms with E-state index in [9.17, 15) is 14.4 Å². The number of amides is 3. The molecule has 0 aliphatic heterocycles. The normalized spacial score (nSPS) is 10.4. The highest BCUT2D eigenvalue weighted by atomic mass is 35.5. The number of hydrazone groups is 1. The monoisotopic (exact) mass is 421 g/mol. The van der Waals surface area contributed by atoms with Crippen molar-refractivity contribution in [3.8, 4) is 0 Å². The van der Waals surface area contributed by atoms with Crippen molar-refractivity contribution in [3.63, 3.8) is 0 Å². The number of para-hydroxylation sites is 1. The van der Waals surface area contributed by atoms with E-state index in [2.05, 4.69) is 26.1 Å². The van der Waals surface area contributed by atoms with Crippen LogP contribution < -0.4 is 16.1 Å². The Kier molecular flexibility index (Phi) is 6.86. The van der Waals surface area contributed by atoms with Crippen LogP contribution in [0.4, 0.5) is 11.4 Å². The summed E-state index contributed by atoms with van der Waals surface area (Å²) in [7, 11) is 0. The molecule has 30 heavy (non-hydrogen) atoms. The largest absolute Gasteiger partial charge is 0.329 e. The fourth-order valence-electron chi connectivity index (χ4n) is 2.37. The molecule has 3 rings (SSSR count). The Morgan fingerprint density at radius 1 is 0.900 bits per heavy atom. The molecule has 9 heteroatoms. The van der Waals surface area contributed by atoms with Crippen LogP contribution in [0.25, 0.3) is 0 Å². The van der Waals surface area contributed by atoms with Crippen LogP contribution in [0.15, 0.2) is 78.2 Å². The molecule has 0 saturated heterocycles. The zero-order chi connectivity index (χ0) is 21.3. The van der Waals surface area contributed by atoms with Crippen LogP contribution in [0.2, 0.25) is 5.02 Å².